The molecule has 0 aromatic carbocycles. The Bertz CT molecular complexity index is 328. The zero-order chi connectivity index (χ0) is 14.9. The van der Waals surface area contributed by atoms with Crippen molar-refractivity contribution in [2.75, 3.05) is 13.2 Å². The normalized spacial score (nSPS) is 11.9. The van der Waals surface area contributed by atoms with Gasteiger partial charge in [-0.05, 0) is 27.7 Å². The molecule has 0 radical (unpaired) electrons. The standard InChI is InChI=1S/C11H18O8/c1-8(7-17-19-11(2,3)4)9(12)18-16-6-5-15-10(13)14/h7H,5-6H2,1-4H3,(H,13,14). The predicted octanol–water partition coefficient (Wildman–Crippen LogP) is 1.81. The van der Waals surface area contributed by atoms with Crippen LogP contribution in [-0.2, 0) is 29.1 Å². The van der Waals surface area contributed by atoms with E-state index in [0.29, 0.717) is 0 Å². The van der Waals surface area contributed by atoms with Crippen LogP contribution in [0.2, 0.25) is 0 Å². The van der Waals surface area contributed by atoms with Gasteiger partial charge in [0.25, 0.3) is 0 Å². The van der Waals surface area contributed by atoms with E-state index in [-0.39, 0.29) is 18.8 Å². The summed E-state index contributed by atoms with van der Waals surface area (Å²) in [5.41, 5.74) is -0.394. The van der Waals surface area contributed by atoms with Crippen molar-refractivity contribution in [3.8, 4) is 0 Å². The highest BCUT2D eigenvalue weighted by Crippen LogP contribution is 2.08. The minimum Gasteiger partial charge on any atom is -0.450 e. The first kappa shape index (κ1) is 17.2. The zero-order valence-corrected chi connectivity index (χ0v) is 11.3. The van der Waals surface area contributed by atoms with Gasteiger partial charge in [0, 0.05) is 0 Å². The molecule has 0 rings (SSSR count). The monoisotopic (exact) mass is 278 g/mol. The molecule has 0 spiro atoms. The Balaban J connectivity index is 3.81. The van der Waals surface area contributed by atoms with E-state index in [1.54, 1.807) is 20.8 Å². The fourth-order valence-electron chi connectivity index (χ4n) is 0.613. The lowest BCUT2D eigenvalue weighted by Gasteiger charge is -2.15. The van der Waals surface area contributed by atoms with Gasteiger partial charge in [-0.2, -0.15) is 9.78 Å². The first-order valence-corrected chi connectivity index (χ1v) is 5.43. The zero-order valence-electron chi connectivity index (χ0n) is 11.3. The van der Waals surface area contributed by atoms with E-state index in [2.05, 4.69) is 14.5 Å². The van der Waals surface area contributed by atoms with E-state index in [1.165, 1.54) is 6.92 Å². The predicted molar refractivity (Wildman–Crippen MR) is 61.7 cm³/mol. The van der Waals surface area contributed by atoms with Crippen LogP contribution >= 0.6 is 0 Å². The van der Waals surface area contributed by atoms with Gasteiger partial charge in [-0.15, -0.1) is 0 Å². The minimum atomic E-state index is -1.43. The van der Waals surface area contributed by atoms with E-state index in [1.807, 2.05) is 0 Å². The largest absolute Gasteiger partial charge is 0.505 e. The smallest absolute Gasteiger partial charge is 0.450 e. The van der Waals surface area contributed by atoms with Crippen LogP contribution in [0, 0.1) is 0 Å². The average Bonchev–Trinajstić information content (AvgIpc) is 2.25. The van der Waals surface area contributed by atoms with Crippen LogP contribution in [0.5, 0.6) is 0 Å². The van der Waals surface area contributed by atoms with Crippen molar-refractivity contribution in [1.29, 1.82) is 0 Å². The third-order valence-electron chi connectivity index (χ3n) is 1.37. The van der Waals surface area contributed by atoms with Crippen LogP contribution in [0.3, 0.4) is 0 Å². The van der Waals surface area contributed by atoms with Crippen molar-refractivity contribution in [2.24, 2.45) is 0 Å². The van der Waals surface area contributed by atoms with E-state index >= 15 is 0 Å². The van der Waals surface area contributed by atoms with Crippen molar-refractivity contribution < 1.29 is 39.0 Å². The molecule has 0 aliphatic carbocycles. The highest BCUT2D eigenvalue weighted by Gasteiger charge is 2.13. The molecule has 8 heteroatoms. The Morgan fingerprint density at radius 1 is 1.21 bits per heavy atom. The summed E-state index contributed by atoms with van der Waals surface area (Å²) < 4.78 is 4.13. The summed E-state index contributed by atoms with van der Waals surface area (Å²) in [6, 6.07) is 0. The second-order valence-corrected chi connectivity index (χ2v) is 4.40. The fraction of sp³-hybridized carbons (Fsp3) is 0.636. The Labute approximate surface area is 110 Å². The first-order chi connectivity index (χ1) is 8.72. The molecule has 0 fully saturated rings. The summed E-state index contributed by atoms with van der Waals surface area (Å²) >= 11 is 0. The molecule has 0 atom stereocenters. The van der Waals surface area contributed by atoms with Crippen molar-refractivity contribution in [1.82, 2.24) is 0 Å². The third kappa shape index (κ3) is 11.0. The molecule has 1 N–H and O–H groups in total. The molecule has 0 saturated carbocycles. The molecule has 0 saturated heterocycles. The van der Waals surface area contributed by atoms with Crippen LogP contribution in [0.4, 0.5) is 4.79 Å². The highest BCUT2D eigenvalue weighted by molar-refractivity contribution is 5.86. The Hall–Kier alpha value is -1.80. The van der Waals surface area contributed by atoms with Gasteiger partial charge in [-0.1, -0.05) is 0 Å². The second-order valence-electron chi connectivity index (χ2n) is 4.40. The molecule has 0 amide bonds. The van der Waals surface area contributed by atoms with Crippen LogP contribution in [0.25, 0.3) is 0 Å². The van der Waals surface area contributed by atoms with E-state index < -0.39 is 17.7 Å². The number of hydrogen-bond donors (Lipinski definition) is 1. The van der Waals surface area contributed by atoms with E-state index in [0.717, 1.165) is 6.26 Å². The first-order valence-electron chi connectivity index (χ1n) is 5.43. The summed E-state index contributed by atoms with van der Waals surface area (Å²) in [5.74, 6) is -0.784. The van der Waals surface area contributed by atoms with Crippen molar-refractivity contribution in [3.05, 3.63) is 11.8 Å². The van der Waals surface area contributed by atoms with Gasteiger partial charge in [-0.25, -0.2) is 9.59 Å². The number of rotatable bonds is 7. The third-order valence-corrected chi connectivity index (χ3v) is 1.37. The van der Waals surface area contributed by atoms with Gasteiger partial charge in [0.1, 0.15) is 25.1 Å². The Morgan fingerprint density at radius 2 is 1.84 bits per heavy atom. The molecule has 19 heavy (non-hydrogen) atoms. The summed E-state index contributed by atoms with van der Waals surface area (Å²) in [6.07, 6.45) is -0.358. The molecule has 0 aromatic rings. The number of carbonyl (C=O) groups is 2. The summed E-state index contributed by atoms with van der Waals surface area (Å²) in [5, 5.41) is 8.15. The lowest BCUT2D eigenvalue weighted by molar-refractivity contribution is -0.311. The SMILES string of the molecule is CC(=COOC(C)(C)C)C(=O)OOCCOC(=O)O. The van der Waals surface area contributed by atoms with Crippen LogP contribution in [-0.4, -0.2) is 36.0 Å². The van der Waals surface area contributed by atoms with Gasteiger partial charge < -0.3 is 14.7 Å². The molecule has 0 aliphatic heterocycles. The molecular formula is C11H18O8. The Kier molecular flexibility index (Phi) is 7.54. The number of carbonyl (C=O) groups excluding carboxylic acids is 1. The maximum atomic E-state index is 11.3. The van der Waals surface area contributed by atoms with Crippen LogP contribution < -0.4 is 0 Å². The maximum Gasteiger partial charge on any atom is 0.505 e. The van der Waals surface area contributed by atoms with Crippen LogP contribution in [0.15, 0.2) is 11.8 Å². The number of ether oxygens (including phenoxy) is 1. The summed E-state index contributed by atoms with van der Waals surface area (Å²) in [6.45, 7) is 6.32. The van der Waals surface area contributed by atoms with Crippen molar-refractivity contribution in [3.63, 3.8) is 0 Å². The molecule has 110 valence electrons. The summed E-state index contributed by atoms with van der Waals surface area (Å²) in [4.78, 5) is 39.7. The second kappa shape index (κ2) is 8.33. The molecule has 0 heterocycles. The molecule has 0 unspecified atom stereocenters. The van der Waals surface area contributed by atoms with Crippen molar-refractivity contribution in [2.45, 2.75) is 33.3 Å². The van der Waals surface area contributed by atoms with E-state index in [9.17, 15) is 9.59 Å². The average molecular weight is 278 g/mol. The molecule has 0 aromatic heterocycles. The minimum absolute atomic E-state index is 0.114. The molecular weight excluding hydrogens is 260 g/mol. The number of hydrogen-bond acceptors (Lipinski definition) is 7. The molecule has 0 bridgehead atoms. The topological polar surface area (TPSA) is 101 Å². The van der Waals surface area contributed by atoms with E-state index in [4.69, 9.17) is 14.9 Å². The number of carboxylic acid groups (broad SMARTS) is 1. The van der Waals surface area contributed by atoms with Crippen molar-refractivity contribution >= 4 is 12.1 Å². The Morgan fingerprint density at radius 3 is 2.37 bits per heavy atom. The lowest BCUT2D eigenvalue weighted by Crippen LogP contribution is -2.18. The van der Waals surface area contributed by atoms with Gasteiger partial charge in [0.05, 0.1) is 5.57 Å². The molecule has 8 nitrogen and oxygen atoms in total. The lowest BCUT2D eigenvalue weighted by atomic mass is 10.2. The quantitative estimate of drug-likeness (QED) is 0.188. The molecule has 0 aliphatic rings. The van der Waals surface area contributed by atoms with Gasteiger partial charge in [0.2, 0.25) is 0 Å². The van der Waals surface area contributed by atoms with Crippen LogP contribution in [0.1, 0.15) is 27.7 Å². The summed E-state index contributed by atoms with van der Waals surface area (Å²) in [7, 11) is 0. The fourth-order valence-corrected chi connectivity index (χ4v) is 0.613. The maximum absolute atomic E-state index is 11.3. The highest BCUT2D eigenvalue weighted by atomic mass is 17.2. The van der Waals surface area contributed by atoms with Gasteiger partial charge in [0.15, 0.2) is 0 Å². The van der Waals surface area contributed by atoms with Gasteiger partial charge in [-0.3, -0.25) is 4.89 Å². The van der Waals surface area contributed by atoms with Gasteiger partial charge >= 0.3 is 12.1 Å².